The average Bonchev–Trinajstić information content (AvgIpc) is 3.10. The Bertz CT molecular complexity index is 762. The zero-order chi connectivity index (χ0) is 17.0. The number of sulfonamides is 1. The molecular weight excluding hydrogens is 320 g/mol. The van der Waals surface area contributed by atoms with Crippen LogP contribution < -0.4 is 9.62 Å². The summed E-state index contributed by atoms with van der Waals surface area (Å²) in [6.07, 6.45) is 2.50. The van der Waals surface area contributed by atoms with Crippen molar-refractivity contribution in [3.8, 4) is 0 Å². The third-order valence-corrected chi connectivity index (χ3v) is 5.68. The van der Waals surface area contributed by atoms with Gasteiger partial charge in [-0.1, -0.05) is 42.0 Å². The van der Waals surface area contributed by atoms with Gasteiger partial charge in [0, 0.05) is 25.3 Å². The van der Waals surface area contributed by atoms with Gasteiger partial charge in [-0.25, -0.2) is 13.1 Å². The molecule has 2 aromatic carbocycles. The Kier molecular flexibility index (Phi) is 5.21. The summed E-state index contributed by atoms with van der Waals surface area (Å²) < 4.78 is 27.1. The standard InChI is InChI=1S/C19H24N2O2S/c1-16-4-6-18(7-5-16)15-24(22,23)20-14-17-8-10-19(11-9-17)21-12-2-3-13-21/h4-11,20H,2-3,12-15H2,1H3. The molecule has 128 valence electrons. The van der Waals surface area contributed by atoms with E-state index in [2.05, 4.69) is 21.8 Å². The number of anilines is 1. The molecule has 3 rings (SSSR count). The summed E-state index contributed by atoms with van der Waals surface area (Å²) >= 11 is 0. The Labute approximate surface area is 144 Å². The highest BCUT2D eigenvalue weighted by molar-refractivity contribution is 7.88. The predicted octanol–water partition coefficient (Wildman–Crippen LogP) is 3.21. The molecule has 0 aromatic heterocycles. The van der Waals surface area contributed by atoms with Crippen molar-refractivity contribution in [3.05, 3.63) is 65.2 Å². The van der Waals surface area contributed by atoms with Gasteiger partial charge in [0.15, 0.2) is 0 Å². The van der Waals surface area contributed by atoms with E-state index >= 15 is 0 Å². The Balaban J connectivity index is 1.56. The monoisotopic (exact) mass is 344 g/mol. The van der Waals surface area contributed by atoms with Crippen molar-refractivity contribution in [1.82, 2.24) is 4.72 Å². The number of benzene rings is 2. The van der Waals surface area contributed by atoms with E-state index in [1.807, 2.05) is 43.3 Å². The fraction of sp³-hybridized carbons (Fsp3) is 0.368. The molecule has 1 heterocycles. The molecule has 0 radical (unpaired) electrons. The quantitative estimate of drug-likeness (QED) is 0.875. The highest BCUT2D eigenvalue weighted by atomic mass is 32.2. The Morgan fingerprint density at radius 1 is 0.917 bits per heavy atom. The van der Waals surface area contributed by atoms with Crippen molar-refractivity contribution in [2.75, 3.05) is 18.0 Å². The highest BCUT2D eigenvalue weighted by Crippen LogP contribution is 2.20. The average molecular weight is 344 g/mol. The summed E-state index contributed by atoms with van der Waals surface area (Å²) in [5.74, 6) is 0.0130. The minimum Gasteiger partial charge on any atom is -0.372 e. The zero-order valence-corrected chi connectivity index (χ0v) is 14.8. The van der Waals surface area contributed by atoms with Gasteiger partial charge in [-0.3, -0.25) is 0 Å². The normalized spacial score (nSPS) is 15.0. The fourth-order valence-corrected chi connectivity index (χ4v) is 4.07. The van der Waals surface area contributed by atoms with Crippen LogP contribution in [0.2, 0.25) is 0 Å². The van der Waals surface area contributed by atoms with E-state index in [-0.39, 0.29) is 5.75 Å². The number of hydrogen-bond acceptors (Lipinski definition) is 3. The van der Waals surface area contributed by atoms with E-state index in [9.17, 15) is 8.42 Å². The fourth-order valence-electron chi connectivity index (χ4n) is 2.95. The minimum atomic E-state index is -3.33. The van der Waals surface area contributed by atoms with Crippen LogP contribution in [0, 0.1) is 6.92 Å². The Morgan fingerprint density at radius 3 is 2.12 bits per heavy atom. The summed E-state index contributed by atoms with van der Waals surface area (Å²) in [6.45, 7) is 4.54. The van der Waals surface area contributed by atoms with Crippen molar-refractivity contribution in [1.29, 1.82) is 0 Å². The molecule has 4 nitrogen and oxygen atoms in total. The van der Waals surface area contributed by atoms with Gasteiger partial charge in [-0.15, -0.1) is 0 Å². The van der Waals surface area contributed by atoms with Crippen LogP contribution in [-0.2, 0) is 22.3 Å². The number of rotatable bonds is 6. The minimum absolute atomic E-state index is 0.0130. The maximum absolute atomic E-state index is 12.2. The molecule has 0 saturated carbocycles. The number of aryl methyl sites for hydroxylation is 1. The lowest BCUT2D eigenvalue weighted by Crippen LogP contribution is -2.24. The highest BCUT2D eigenvalue weighted by Gasteiger charge is 2.13. The second-order valence-electron chi connectivity index (χ2n) is 6.43. The van der Waals surface area contributed by atoms with E-state index in [1.54, 1.807) is 0 Å². The largest absolute Gasteiger partial charge is 0.372 e. The number of nitrogens with one attached hydrogen (secondary N) is 1. The third-order valence-electron chi connectivity index (χ3n) is 4.38. The van der Waals surface area contributed by atoms with Crippen LogP contribution in [0.1, 0.15) is 29.5 Å². The predicted molar refractivity (Wildman–Crippen MR) is 98.5 cm³/mol. The number of hydrogen-bond donors (Lipinski definition) is 1. The van der Waals surface area contributed by atoms with Crippen LogP contribution in [0.3, 0.4) is 0 Å². The van der Waals surface area contributed by atoms with Gasteiger partial charge in [-0.05, 0) is 43.0 Å². The topological polar surface area (TPSA) is 49.4 Å². The van der Waals surface area contributed by atoms with E-state index in [4.69, 9.17) is 0 Å². The molecule has 1 saturated heterocycles. The van der Waals surface area contributed by atoms with E-state index in [1.165, 1.54) is 18.5 Å². The summed E-state index contributed by atoms with van der Waals surface area (Å²) in [6, 6.07) is 15.7. The van der Waals surface area contributed by atoms with Crippen LogP contribution in [0.5, 0.6) is 0 Å². The van der Waals surface area contributed by atoms with E-state index < -0.39 is 10.0 Å². The molecule has 1 N–H and O–H groups in total. The van der Waals surface area contributed by atoms with E-state index in [0.29, 0.717) is 6.54 Å². The first kappa shape index (κ1) is 17.0. The van der Waals surface area contributed by atoms with Crippen molar-refractivity contribution in [2.45, 2.75) is 32.1 Å². The summed E-state index contributed by atoms with van der Waals surface area (Å²) in [5, 5.41) is 0. The van der Waals surface area contributed by atoms with E-state index in [0.717, 1.165) is 29.8 Å². The van der Waals surface area contributed by atoms with Gasteiger partial charge in [0.1, 0.15) is 0 Å². The molecule has 0 amide bonds. The molecule has 0 atom stereocenters. The van der Waals surface area contributed by atoms with Crippen molar-refractivity contribution < 1.29 is 8.42 Å². The molecule has 1 fully saturated rings. The third kappa shape index (κ3) is 4.58. The molecule has 0 aliphatic carbocycles. The van der Waals surface area contributed by atoms with Crippen LogP contribution in [0.15, 0.2) is 48.5 Å². The smallest absolute Gasteiger partial charge is 0.216 e. The molecule has 0 spiro atoms. The molecule has 0 bridgehead atoms. The molecule has 1 aliphatic rings. The first-order chi connectivity index (χ1) is 11.5. The lowest BCUT2D eigenvalue weighted by atomic mass is 10.2. The van der Waals surface area contributed by atoms with Gasteiger partial charge < -0.3 is 4.90 Å². The maximum atomic E-state index is 12.2. The first-order valence-corrected chi connectivity index (χ1v) is 10.0. The Hall–Kier alpha value is -1.85. The van der Waals surface area contributed by atoms with Crippen LogP contribution in [-0.4, -0.2) is 21.5 Å². The molecule has 2 aromatic rings. The zero-order valence-electron chi connectivity index (χ0n) is 14.0. The lowest BCUT2D eigenvalue weighted by molar-refractivity contribution is 0.580. The van der Waals surface area contributed by atoms with Gasteiger partial charge in [0.2, 0.25) is 10.0 Å². The molecule has 1 aliphatic heterocycles. The van der Waals surface area contributed by atoms with Crippen LogP contribution in [0.25, 0.3) is 0 Å². The first-order valence-electron chi connectivity index (χ1n) is 8.39. The van der Waals surface area contributed by atoms with Gasteiger partial charge in [0.25, 0.3) is 0 Å². The summed E-state index contributed by atoms with van der Waals surface area (Å²) in [5.41, 5.74) is 4.13. The van der Waals surface area contributed by atoms with Crippen LogP contribution >= 0.6 is 0 Å². The second-order valence-corrected chi connectivity index (χ2v) is 8.23. The van der Waals surface area contributed by atoms with Gasteiger partial charge in [-0.2, -0.15) is 0 Å². The molecule has 24 heavy (non-hydrogen) atoms. The lowest BCUT2D eigenvalue weighted by Gasteiger charge is -2.17. The van der Waals surface area contributed by atoms with Gasteiger partial charge >= 0.3 is 0 Å². The second kappa shape index (κ2) is 7.36. The van der Waals surface area contributed by atoms with Crippen molar-refractivity contribution in [2.24, 2.45) is 0 Å². The summed E-state index contributed by atoms with van der Waals surface area (Å²) in [4.78, 5) is 2.37. The SMILES string of the molecule is Cc1ccc(CS(=O)(=O)NCc2ccc(N3CCCC3)cc2)cc1. The summed E-state index contributed by atoms with van der Waals surface area (Å²) in [7, 11) is -3.33. The maximum Gasteiger partial charge on any atom is 0.216 e. The molecule has 0 unspecified atom stereocenters. The molecule has 5 heteroatoms. The Morgan fingerprint density at radius 2 is 1.50 bits per heavy atom. The number of nitrogens with zero attached hydrogens (tertiary/aromatic N) is 1. The van der Waals surface area contributed by atoms with Gasteiger partial charge in [0.05, 0.1) is 5.75 Å². The molecular formula is C19H24N2O2S. The van der Waals surface area contributed by atoms with Crippen molar-refractivity contribution >= 4 is 15.7 Å². The van der Waals surface area contributed by atoms with Crippen LogP contribution in [0.4, 0.5) is 5.69 Å². The van der Waals surface area contributed by atoms with Crippen molar-refractivity contribution in [3.63, 3.8) is 0 Å².